The normalized spacial score (nSPS) is 18.9. The lowest BCUT2D eigenvalue weighted by molar-refractivity contribution is 1.04. The molecule has 0 aromatic heterocycles. The molecule has 0 bridgehead atoms. The van der Waals surface area contributed by atoms with Crippen molar-refractivity contribution in [2.24, 2.45) is 16.8 Å². The SMILES string of the molecule is Cc1ccc(C(=N)N=C(C2CC2)C2CC2)cc1. The van der Waals surface area contributed by atoms with Gasteiger partial charge < -0.3 is 0 Å². The van der Waals surface area contributed by atoms with E-state index in [9.17, 15) is 0 Å². The highest BCUT2D eigenvalue weighted by atomic mass is 14.9. The van der Waals surface area contributed by atoms with Crippen LogP contribution in [-0.4, -0.2) is 11.5 Å². The molecule has 0 spiro atoms. The Morgan fingerprint density at radius 1 is 1.06 bits per heavy atom. The molecule has 1 N–H and O–H groups in total. The Morgan fingerprint density at radius 3 is 2.06 bits per heavy atom. The third-order valence-corrected chi connectivity index (χ3v) is 3.56. The molecule has 0 atom stereocenters. The van der Waals surface area contributed by atoms with Crippen LogP contribution in [0.2, 0.25) is 0 Å². The minimum absolute atomic E-state index is 0.443. The Morgan fingerprint density at radius 2 is 1.59 bits per heavy atom. The summed E-state index contributed by atoms with van der Waals surface area (Å²) in [4.78, 5) is 4.60. The molecule has 2 aliphatic rings. The largest absolute Gasteiger partial charge is 0.282 e. The van der Waals surface area contributed by atoms with Gasteiger partial charge in [-0.05, 0) is 44.4 Å². The molecule has 3 rings (SSSR count). The van der Waals surface area contributed by atoms with E-state index in [1.54, 1.807) is 0 Å². The fourth-order valence-electron chi connectivity index (χ4n) is 2.18. The molecule has 2 fully saturated rings. The van der Waals surface area contributed by atoms with Gasteiger partial charge in [0.2, 0.25) is 0 Å². The monoisotopic (exact) mass is 226 g/mol. The fraction of sp³-hybridized carbons (Fsp3) is 0.467. The van der Waals surface area contributed by atoms with Crippen LogP contribution >= 0.6 is 0 Å². The number of nitrogens with one attached hydrogen (secondary N) is 1. The molecule has 0 unspecified atom stereocenters. The molecule has 2 heteroatoms. The van der Waals surface area contributed by atoms with Crippen LogP contribution in [0, 0.1) is 24.2 Å². The van der Waals surface area contributed by atoms with Gasteiger partial charge in [-0.3, -0.25) is 5.41 Å². The lowest BCUT2D eigenvalue weighted by atomic mass is 10.1. The number of aliphatic imine (C=N–C) groups is 1. The molecular formula is C15H18N2. The molecule has 1 aromatic carbocycles. The number of aryl methyl sites for hydroxylation is 1. The Hall–Kier alpha value is -1.44. The summed E-state index contributed by atoms with van der Waals surface area (Å²) in [6, 6.07) is 8.10. The van der Waals surface area contributed by atoms with E-state index in [1.807, 2.05) is 24.3 Å². The summed E-state index contributed by atoms with van der Waals surface area (Å²) in [5, 5.41) is 8.09. The van der Waals surface area contributed by atoms with Crippen LogP contribution in [0.4, 0.5) is 0 Å². The van der Waals surface area contributed by atoms with Gasteiger partial charge in [0.15, 0.2) is 5.84 Å². The number of rotatable bonds is 3. The highest BCUT2D eigenvalue weighted by Gasteiger charge is 2.38. The van der Waals surface area contributed by atoms with E-state index < -0.39 is 0 Å². The smallest absolute Gasteiger partial charge is 0.151 e. The first-order chi connectivity index (χ1) is 8.24. The summed E-state index contributed by atoms with van der Waals surface area (Å²) in [7, 11) is 0. The third-order valence-electron chi connectivity index (χ3n) is 3.56. The Kier molecular flexibility index (Phi) is 2.58. The second-order valence-corrected chi connectivity index (χ2v) is 5.30. The highest BCUT2D eigenvalue weighted by Crippen LogP contribution is 2.42. The molecule has 2 nitrogen and oxygen atoms in total. The first-order valence-electron chi connectivity index (χ1n) is 6.48. The van der Waals surface area contributed by atoms with Crippen LogP contribution in [0.1, 0.15) is 36.8 Å². The summed E-state index contributed by atoms with van der Waals surface area (Å²) in [6.45, 7) is 2.07. The minimum atomic E-state index is 0.443. The second kappa shape index (κ2) is 4.10. The molecule has 17 heavy (non-hydrogen) atoms. The lowest BCUT2D eigenvalue weighted by Crippen LogP contribution is -2.08. The quantitative estimate of drug-likeness (QED) is 0.604. The van der Waals surface area contributed by atoms with Gasteiger partial charge in [-0.2, -0.15) is 0 Å². The van der Waals surface area contributed by atoms with Gasteiger partial charge in [-0.25, -0.2) is 4.99 Å². The van der Waals surface area contributed by atoms with Crippen molar-refractivity contribution in [1.82, 2.24) is 0 Å². The van der Waals surface area contributed by atoms with E-state index in [1.165, 1.54) is 37.0 Å². The highest BCUT2D eigenvalue weighted by molar-refractivity contribution is 6.07. The number of hydrogen-bond donors (Lipinski definition) is 1. The van der Waals surface area contributed by atoms with Gasteiger partial charge in [-0.1, -0.05) is 29.8 Å². The number of amidine groups is 1. The van der Waals surface area contributed by atoms with Crippen molar-refractivity contribution in [3.63, 3.8) is 0 Å². The van der Waals surface area contributed by atoms with Crippen LogP contribution in [0.25, 0.3) is 0 Å². The molecule has 0 aliphatic heterocycles. The fourth-order valence-corrected chi connectivity index (χ4v) is 2.18. The molecule has 2 saturated carbocycles. The minimum Gasteiger partial charge on any atom is -0.282 e. The predicted molar refractivity (Wildman–Crippen MR) is 70.9 cm³/mol. The standard InChI is InChI=1S/C15H18N2/c1-10-2-4-13(5-3-10)15(16)17-14(11-6-7-11)12-8-9-12/h2-5,11-12,16H,6-9H2,1H3. The summed E-state index contributed by atoms with van der Waals surface area (Å²) in [6.07, 6.45) is 5.15. The molecule has 88 valence electrons. The van der Waals surface area contributed by atoms with Gasteiger partial charge in [0.05, 0.1) is 0 Å². The number of hydrogen-bond acceptors (Lipinski definition) is 1. The molecule has 1 aromatic rings. The van der Waals surface area contributed by atoms with Crippen molar-refractivity contribution in [1.29, 1.82) is 5.41 Å². The van der Waals surface area contributed by atoms with Gasteiger partial charge in [-0.15, -0.1) is 0 Å². The maximum Gasteiger partial charge on any atom is 0.151 e. The average molecular weight is 226 g/mol. The van der Waals surface area contributed by atoms with Crippen molar-refractivity contribution in [3.8, 4) is 0 Å². The molecule has 0 saturated heterocycles. The summed E-state index contributed by atoms with van der Waals surface area (Å²) in [5.41, 5.74) is 3.49. The molecule has 2 aliphatic carbocycles. The molecular weight excluding hydrogens is 208 g/mol. The van der Waals surface area contributed by atoms with E-state index >= 15 is 0 Å². The second-order valence-electron chi connectivity index (χ2n) is 5.30. The first-order valence-corrected chi connectivity index (χ1v) is 6.48. The van der Waals surface area contributed by atoms with E-state index in [-0.39, 0.29) is 0 Å². The predicted octanol–water partition coefficient (Wildman–Crippen LogP) is 3.58. The summed E-state index contributed by atoms with van der Waals surface area (Å²) < 4.78 is 0. The van der Waals surface area contributed by atoms with Crippen molar-refractivity contribution >= 4 is 11.5 Å². The van der Waals surface area contributed by atoms with E-state index in [0.717, 1.165) is 5.56 Å². The summed E-state index contributed by atoms with van der Waals surface area (Å²) in [5.74, 6) is 1.85. The van der Waals surface area contributed by atoms with Crippen LogP contribution < -0.4 is 0 Å². The maximum atomic E-state index is 8.09. The van der Waals surface area contributed by atoms with Crippen LogP contribution in [0.3, 0.4) is 0 Å². The first kappa shape index (κ1) is 10.7. The van der Waals surface area contributed by atoms with Crippen molar-refractivity contribution in [2.45, 2.75) is 32.6 Å². The average Bonchev–Trinajstić information content (AvgIpc) is 3.17. The van der Waals surface area contributed by atoms with Gasteiger partial charge in [0.25, 0.3) is 0 Å². The van der Waals surface area contributed by atoms with E-state index in [0.29, 0.717) is 17.7 Å². The number of benzene rings is 1. The zero-order valence-corrected chi connectivity index (χ0v) is 10.2. The Balaban J connectivity index is 1.81. The Bertz CT molecular complexity index is 448. The summed E-state index contributed by atoms with van der Waals surface area (Å²) >= 11 is 0. The van der Waals surface area contributed by atoms with Gasteiger partial charge >= 0.3 is 0 Å². The zero-order chi connectivity index (χ0) is 11.8. The van der Waals surface area contributed by atoms with Crippen molar-refractivity contribution in [3.05, 3.63) is 35.4 Å². The van der Waals surface area contributed by atoms with E-state index in [4.69, 9.17) is 5.41 Å². The Labute approximate surface area is 102 Å². The molecule has 0 heterocycles. The van der Waals surface area contributed by atoms with Crippen LogP contribution in [-0.2, 0) is 0 Å². The number of nitrogens with zero attached hydrogens (tertiary/aromatic N) is 1. The van der Waals surface area contributed by atoms with Crippen LogP contribution in [0.5, 0.6) is 0 Å². The van der Waals surface area contributed by atoms with E-state index in [2.05, 4.69) is 11.9 Å². The van der Waals surface area contributed by atoms with Gasteiger partial charge in [0.1, 0.15) is 0 Å². The maximum absolute atomic E-state index is 8.09. The zero-order valence-electron chi connectivity index (χ0n) is 10.2. The topological polar surface area (TPSA) is 36.2 Å². The lowest BCUT2D eigenvalue weighted by Gasteiger charge is -2.04. The van der Waals surface area contributed by atoms with Crippen LogP contribution in [0.15, 0.2) is 29.3 Å². The van der Waals surface area contributed by atoms with Crippen molar-refractivity contribution in [2.75, 3.05) is 0 Å². The third kappa shape index (κ3) is 2.46. The van der Waals surface area contributed by atoms with Gasteiger partial charge in [0, 0.05) is 11.3 Å². The molecule has 0 radical (unpaired) electrons. The van der Waals surface area contributed by atoms with Crippen molar-refractivity contribution < 1.29 is 0 Å². The molecule has 0 amide bonds.